The Morgan fingerprint density at radius 2 is 1.67 bits per heavy atom. The molecule has 2 aliphatic heterocycles. The van der Waals surface area contributed by atoms with Crippen LogP contribution in [0, 0.1) is 0 Å². The molecule has 2 fully saturated rings. The van der Waals surface area contributed by atoms with Crippen LogP contribution in [0.5, 0.6) is 11.5 Å². The molecule has 0 bridgehead atoms. The first-order valence-corrected chi connectivity index (χ1v) is 14.1. The summed E-state index contributed by atoms with van der Waals surface area (Å²) in [4.78, 5) is 30.6. The standard InChI is InChI=1S/C31H40N2O6/c1-3-5-19-39-25-12-10-23(11-13-25)28-27(29(34)24-8-6-9-26(22-24)38-18-4-2)30(35)31(36)33(28)15-7-14-32-16-20-37-21-17-32/h6,8-13,22,28,34H,3-5,7,14-21H2,1-2H3. The minimum Gasteiger partial charge on any atom is -0.507 e. The van der Waals surface area contributed by atoms with Gasteiger partial charge in [-0.2, -0.15) is 0 Å². The first kappa shape index (κ1) is 28.6. The zero-order chi connectivity index (χ0) is 27.6. The summed E-state index contributed by atoms with van der Waals surface area (Å²) in [6, 6.07) is 13.8. The van der Waals surface area contributed by atoms with E-state index in [1.165, 1.54) is 0 Å². The number of nitrogens with zero attached hydrogens (tertiary/aromatic N) is 2. The molecule has 39 heavy (non-hydrogen) atoms. The zero-order valence-corrected chi connectivity index (χ0v) is 23.1. The summed E-state index contributed by atoms with van der Waals surface area (Å²) in [7, 11) is 0. The van der Waals surface area contributed by atoms with Crippen molar-refractivity contribution in [1.29, 1.82) is 0 Å². The number of hydrogen-bond acceptors (Lipinski definition) is 7. The lowest BCUT2D eigenvalue weighted by atomic mass is 9.95. The Kier molecular flexibility index (Phi) is 10.4. The van der Waals surface area contributed by atoms with E-state index < -0.39 is 17.7 Å². The van der Waals surface area contributed by atoms with Crippen molar-refractivity contribution in [3.05, 3.63) is 65.2 Å². The average molecular weight is 537 g/mol. The fourth-order valence-corrected chi connectivity index (χ4v) is 4.94. The number of ether oxygens (including phenoxy) is 3. The quantitative estimate of drug-likeness (QED) is 0.170. The molecule has 2 aromatic carbocycles. The van der Waals surface area contributed by atoms with Crippen molar-refractivity contribution in [1.82, 2.24) is 9.80 Å². The van der Waals surface area contributed by atoms with Gasteiger partial charge in [0.05, 0.1) is 38.0 Å². The highest BCUT2D eigenvalue weighted by molar-refractivity contribution is 6.46. The van der Waals surface area contributed by atoms with Crippen LogP contribution in [0.2, 0.25) is 0 Å². The normalized spacial score (nSPS) is 19.4. The van der Waals surface area contributed by atoms with Crippen LogP contribution in [0.3, 0.4) is 0 Å². The molecular weight excluding hydrogens is 496 g/mol. The predicted octanol–water partition coefficient (Wildman–Crippen LogP) is 4.80. The highest BCUT2D eigenvalue weighted by Gasteiger charge is 2.45. The summed E-state index contributed by atoms with van der Waals surface area (Å²) in [6.45, 7) is 9.64. The molecular formula is C31H40N2O6. The maximum atomic E-state index is 13.4. The lowest BCUT2D eigenvalue weighted by molar-refractivity contribution is -0.140. The highest BCUT2D eigenvalue weighted by atomic mass is 16.5. The van der Waals surface area contributed by atoms with Gasteiger partial charge in [-0.25, -0.2) is 0 Å². The number of carbonyl (C=O) groups excluding carboxylic acids is 2. The van der Waals surface area contributed by atoms with Crippen molar-refractivity contribution >= 4 is 17.4 Å². The number of Topliss-reactive ketones (excluding diaryl/α,β-unsaturated/α-hetero) is 1. The third-order valence-corrected chi connectivity index (χ3v) is 7.06. The molecule has 0 radical (unpaired) electrons. The molecule has 2 aromatic rings. The van der Waals surface area contributed by atoms with E-state index in [1.807, 2.05) is 37.3 Å². The number of aliphatic hydroxyl groups is 1. The molecule has 0 aromatic heterocycles. The second-order valence-corrected chi connectivity index (χ2v) is 9.95. The van der Waals surface area contributed by atoms with E-state index in [-0.39, 0.29) is 11.3 Å². The van der Waals surface area contributed by atoms with E-state index in [4.69, 9.17) is 14.2 Å². The molecule has 2 saturated heterocycles. The molecule has 0 aliphatic carbocycles. The molecule has 1 unspecified atom stereocenters. The Morgan fingerprint density at radius 3 is 2.38 bits per heavy atom. The number of rotatable bonds is 13. The Morgan fingerprint density at radius 1 is 0.923 bits per heavy atom. The number of benzene rings is 2. The topological polar surface area (TPSA) is 88.5 Å². The average Bonchev–Trinajstić information content (AvgIpc) is 3.22. The van der Waals surface area contributed by atoms with Gasteiger partial charge in [0.25, 0.3) is 11.7 Å². The molecule has 2 aliphatic rings. The molecule has 8 heteroatoms. The maximum absolute atomic E-state index is 13.4. The number of amides is 1. The van der Waals surface area contributed by atoms with Gasteiger partial charge in [0.15, 0.2) is 0 Å². The number of ketones is 1. The molecule has 1 amide bonds. The van der Waals surface area contributed by atoms with E-state index in [9.17, 15) is 14.7 Å². The number of unbranched alkanes of at least 4 members (excludes halogenated alkanes) is 1. The van der Waals surface area contributed by atoms with Crippen LogP contribution in [-0.2, 0) is 14.3 Å². The molecule has 4 rings (SSSR count). The van der Waals surface area contributed by atoms with E-state index >= 15 is 0 Å². The smallest absolute Gasteiger partial charge is 0.295 e. The Bertz CT molecular complexity index is 1140. The number of carbonyl (C=O) groups is 2. The van der Waals surface area contributed by atoms with Crippen molar-refractivity contribution in [2.45, 2.75) is 45.6 Å². The minimum absolute atomic E-state index is 0.0960. The van der Waals surface area contributed by atoms with Gasteiger partial charge in [-0.15, -0.1) is 0 Å². The number of likely N-dealkylation sites (tertiary alicyclic amines) is 1. The van der Waals surface area contributed by atoms with Crippen molar-refractivity contribution in [2.75, 3.05) is 52.6 Å². The zero-order valence-electron chi connectivity index (χ0n) is 23.1. The summed E-state index contributed by atoms with van der Waals surface area (Å²) in [5.41, 5.74) is 1.29. The lowest BCUT2D eigenvalue weighted by Gasteiger charge is -2.29. The summed E-state index contributed by atoms with van der Waals surface area (Å²) < 4.78 is 17.0. The fraction of sp³-hybridized carbons (Fsp3) is 0.484. The summed E-state index contributed by atoms with van der Waals surface area (Å²) in [5.74, 6) is -0.125. The Labute approximate surface area is 231 Å². The van der Waals surface area contributed by atoms with Gasteiger partial charge in [-0.3, -0.25) is 14.5 Å². The number of aliphatic hydroxyl groups excluding tert-OH is 1. The SMILES string of the molecule is CCCCOc1ccc(C2C(=C(O)c3cccc(OCCC)c3)C(=O)C(=O)N2CCCN2CCOCC2)cc1. The largest absolute Gasteiger partial charge is 0.507 e. The number of hydrogen-bond donors (Lipinski definition) is 1. The molecule has 1 N–H and O–H groups in total. The van der Waals surface area contributed by atoms with Crippen molar-refractivity contribution in [3.63, 3.8) is 0 Å². The molecule has 2 heterocycles. The van der Waals surface area contributed by atoms with Crippen LogP contribution in [0.1, 0.15) is 56.7 Å². The van der Waals surface area contributed by atoms with Gasteiger partial charge < -0.3 is 24.2 Å². The van der Waals surface area contributed by atoms with E-state index in [0.29, 0.717) is 50.7 Å². The number of morpholine rings is 1. The van der Waals surface area contributed by atoms with Crippen LogP contribution in [0.15, 0.2) is 54.1 Å². The Hall–Kier alpha value is -3.36. The second-order valence-electron chi connectivity index (χ2n) is 9.95. The van der Waals surface area contributed by atoms with Crippen LogP contribution < -0.4 is 9.47 Å². The first-order chi connectivity index (χ1) is 19.0. The van der Waals surface area contributed by atoms with E-state index in [1.54, 1.807) is 23.1 Å². The molecule has 0 saturated carbocycles. The van der Waals surface area contributed by atoms with Crippen molar-refractivity contribution in [3.8, 4) is 11.5 Å². The van der Waals surface area contributed by atoms with Crippen LogP contribution in [0.25, 0.3) is 5.76 Å². The summed E-state index contributed by atoms with van der Waals surface area (Å²) >= 11 is 0. The monoisotopic (exact) mass is 536 g/mol. The molecule has 8 nitrogen and oxygen atoms in total. The van der Waals surface area contributed by atoms with Crippen LogP contribution >= 0.6 is 0 Å². The first-order valence-electron chi connectivity index (χ1n) is 14.1. The second kappa shape index (κ2) is 14.1. The van der Waals surface area contributed by atoms with Crippen LogP contribution in [0.4, 0.5) is 0 Å². The van der Waals surface area contributed by atoms with E-state index in [2.05, 4.69) is 11.8 Å². The molecule has 1 atom stereocenters. The van der Waals surface area contributed by atoms with Gasteiger partial charge in [0, 0.05) is 31.7 Å². The predicted molar refractivity (Wildman–Crippen MR) is 150 cm³/mol. The summed E-state index contributed by atoms with van der Waals surface area (Å²) in [5, 5.41) is 11.4. The van der Waals surface area contributed by atoms with E-state index in [0.717, 1.165) is 50.2 Å². The third-order valence-electron chi connectivity index (χ3n) is 7.06. The van der Waals surface area contributed by atoms with Gasteiger partial charge in [0.2, 0.25) is 0 Å². The van der Waals surface area contributed by atoms with Gasteiger partial charge >= 0.3 is 0 Å². The maximum Gasteiger partial charge on any atom is 0.295 e. The minimum atomic E-state index is -0.695. The van der Waals surface area contributed by atoms with Crippen LogP contribution in [-0.4, -0.2) is 79.2 Å². The van der Waals surface area contributed by atoms with Gasteiger partial charge in [0.1, 0.15) is 17.3 Å². The lowest BCUT2D eigenvalue weighted by Crippen LogP contribution is -2.38. The van der Waals surface area contributed by atoms with Gasteiger partial charge in [-0.05, 0) is 49.1 Å². The van der Waals surface area contributed by atoms with Gasteiger partial charge in [-0.1, -0.05) is 44.5 Å². The fourth-order valence-electron chi connectivity index (χ4n) is 4.94. The summed E-state index contributed by atoms with van der Waals surface area (Å²) in [6.07, 6.45) is 3.57. The highest BCUT2D eigenvalue weighted by Crippen LogP contribution is 2.40. The van der Waals surface area contributed by atoms with Crippen molar-refractivity contribution in [2.24, 2.45) is 0 Å². The third kappa shape index (κ3) is 7.19. The molecule has 210 valence electrons. The Balaban J connectivity index is 1.64. The van der Waals surface area contributed by atoms with Crippen molar-refractivity contribution < 1.29 is 28.9 Å². The molecule has 0 spiro atoms.